The number of rotatable bonds is 2. The van der Waals surface area contributed by atoms with Crippen molar-refractivity contribution >= 4 is 11.6 Å². The molecular formula is C5H9N3O. The maximum absolute atomic E-state index is 10.5. The average molecular weight is 127 g/mol. The third-order valence-electron chi connectivity index (χ3n) is 0.953. The third kappa shape index (κ3) is 2.12. The van der Waals surface area contributed by atoms with E-state index >= 15 is 0 Å². The first-order valence-corrected chi connectivity index (χ1v) is 2.63. The van der Waals surface area contributed by atoms with Gasteiger partial charge >= 0.3 is 5.91 Å². The normalized spacial score (nSPS) is 11.1. The summed E-state index contributed by atoms with van der Waals surface area (Å²) in [6.07, 6.45) is 0.539. The Bertz CT molecular complexity index is 150. The predicted octanol–water partition coefficient (Wildman–Crippen LogP) is 1.02. The average Bonchev–Trinajstić information content (AvgIpc) is 1.90. The van der Waals surface area contributed by atoms with E-state index in [1.807, 2.05) is 0 Å². The first-order valence-electron chi connectivity index (χ1n) is 2.63. The lowest BCUT2D eigenvalue weighted by molar-refractivity contribution is -0.112. The van der Waals surface area contributed by atoms with Crippen LogP contribution in [0.4, 0.5) is 0 Å². The van der Waals surface area contributed by atoms with Crippen molar-refractivity contribution in [3.63, 3.8) is 0 Å². The van der Waals surface area contributed by atoms with E-state index in [0.717, 1.165) is 0 Å². The van der Waals surface area contributed by atoms with E-state index in [1.165, 1.54) is 7.05 Å². The molecule has 4 heteroatoms. The lowest BCUT2D eigenvalue weighted by atomic mass is 10.3. The van der Waals surface area contributed by atoms with E-state index in [-0.39, 0.29) is 0 Å². The van der Waals surface area contributed by atoms with E-state index in [9.17, 15) is 4.79 Å². The van der Waals surface area contributed by atoms with Gasteiger partial charge in [-0.3, -0.25) is 9.79 Å². The summed E-state index contributed by atoms with van der Waals surface area (Å²) < 4.78 is 0. The Labute approximate surface area is 53.5 Å². The van der Waals surface area contributed by atoms with Crippen LogP contribution < -0.4 is 0 Å². The van der Waals surface area contributed by atoms with Crippen molar-refractivity contribution in [2.24, 2.45) is 10.1 Å². The fraction of sp³-hybridized carbons (Fsp3) is 0.600. The summed E-state index contributed by atoms with van der Waals surface area (Å²) in [5, 5.41) is 2.71. The molecule has 0 unspecified atom stereocenters. The first-order chi connectivity index (χ1) is 4.26. The molecule has 50 valence electrons. The number of hydrogen-bond donors (Lipinski definition) is 1. The highest BCUT2D eigenvalue weighted by Gasteiger charge is 2.04. The fourth-order valence-corrected chi connectivity index (χ4v) is 0.470. The Kier molecular flexibility index (Phi) is 3.43. The molecule has 0 aromatic rings. The van der Waals surface area contributed by atoms with Crippen LogP contribution in [0.2, 0.25) is 0 Å². The lowest BCUT2D eigenvalue weighted by Crippen LogP contribution is -2.08. The van der Waals surface area contributed by atoms with Gasteiger partial charge in [-0.1, -0.05) is 6.92 Å². The molecule has 0 bridgehead atoms. The highest BCUT2D eigenvalue weighted by atomic mass is 16.1. The number of nitrogens with zero attached hydrogens (tertiary/aromatic N) is 2. The van der Waals surface area contributed by atoms with Crippen molar-refractivity contribution in [2.75, 3.05) is 7.05 Å². The molecule has 0 radical (unpaired) electrons. The second-order valence-electron chi connectivity index (χ2n) is 1.44. The van der Waals surface area contributed by atoms with Crippen molar-refractivity contribution in [3.05, 3.63) is 0 Å². The minimum absolute atomic E-state index is 0.352. The van der Waals surface area contributed by atoms with Crippen LogP contribution in [-0.4, -0.2) is 18.7 Å². The zero-order valence-corrected chi connectivity index (χ0v) is 5.51. The molecule has 0 atom stereocenters. The van der Waals surface area contributed by atoms with Crippen molar-refractivity contribution in [1.82, 2.24) is 0 Å². The van der Waals surface area contributed by atoms with Gasteiger partial charge in [-0.05, 0) is 6.42 Å². The molecule has 0 rings (SSSR count). The molecule has 0 aliphatic rings. The SMILES string of the molecule is CCC(=NC)C(=O)N=N. The molecule has 1 amide bonds. The summed E-state index contributed by atoms with van der Waals surface area (Å²) in [5.74, 6) is -0.542. The smallest absolute Gasteiger partial charge is 0.287 e. The molecule has 0 heterocycles. The summed E-state index contributed by atoms with van der Waals surface area (Å²) in [6.45, 7) is 1.80. The van der Waals surface area contributed by atoms with Crippen molar-refractivity contribution in [2.45, 2.75) is 13.3 Å². The zero-order valence-electron chi connectivity index (χ0n) is 5.51. The van der Waals surface area contributed by atoms with Crippen LogP contribution >= 0.6 is 0 Å². The summed E-state index contributed by atoms with van der Waals surface area (Å²) in [4.78, 5) is 14.1. The highest BCUT2D eigenvalue weighted by Crippen LogP contribution is 1.87. The van der Waals surface area contributed by atoms with E-state index in [4.69, 9.17) is 5.53 Å². The third-order valence-corrected chi connectivity index (χ3v) is 0.953. The second kappa shape index (κ2) is 3.88. The van der Waals surface area contributed by atoms with Gasteiger partial charge in [-0.15, -0.1) is 5.11 Å². The van der Waals surface area contributed by atoms with Gasteiger partial charge in [0.15, 0.2) is 0 Å². The van der Waals surface area contributed by atoms with Crippen LogP contribution in [0, 0.1) is 5.53 Å². The lowest BCUT2D eigenvalue weighted by Gasteiger charge is -1.90. The summed E-state index contributed by atoms with van der Waals surface area (Å²) >= 11 is 0. The van der Waals surface area contributed by atoms with E-state index in [2.05, 4.69) is 10.1 Å². The van der Waals surface area contributed by atoms with Crippen LogP contribution in [0.1, 0.15) is 13.3 Å². The standard InChI is InChI=1S/C5H9N3O/c1-3-4(7-2)5(9)8-6/h6H,3H2,1-2H3. The fourth-order valence-electron chi connectivity index (χ4n) is 0.470. The van der Waals surface area contributed by atoms with Crippen LogP contribution in [0.25, 0.3) is 0 Å². The number of carbonyl (C=O) groups excluding carboxylic acids is 1. The van der Waals surface area contributed by atoms with Gasteiger partial charge in [0, 0.05) is 7.05 Å². The van der Waals surface area contributed by atoms with Gasteiger partial charge in [0.05, 0.1) is 0 Å². The number of nitrogens with one attached hydrogen (secondary N) is 1. The van der Waals surface area contributed by atoms with Gasteiger partial charge in [0.25, 0.3) is 0 Å². The van der Waals surface area contributed by atoms with Crippen LogP contribution in [0.5, 0.6) is 0 Å². The molecule has 0 saturated heterocycles. The molecule has 1 N–H and O–H groups in total. The largest absolute Gasteiger partial charge is 0.308 e. The molecule has 0 aliphatic heterocycles. The number of hydrogen-bond acceptors (Lipinski definition) is 3. The van der Waals surface area contributed by atoms with Crippen molar-refractivity contribution < 1.29 is 4.79 Å². The second-order valence-corrected chi connectivity index (χ2v) is 1.44. The molecule has 0 aromatic carbocycles. The Morgan fingerprint density at radius 3 is 2.33 bits per heavy atom. The molecule has 0 saturated carbocycles. The number of aliphatic imine (C=N–C) groups is 1. The molecular weight excluding hydrogens is 118 g/mol. The summed E-state index contributed by atoms with van der Waals surface area (Å²) in [7, 11) is 1.52. The topological polar surface area (TPSA) is 65.6 Å². The molecule has 9 heavy (non-hydrogen) atoms. The number of amides is 1. The minimum atomic E-state index is -0.542. The maximum Gasteiger partial charge on any atom is 0.308 e. The summed E-state index contributed by atoms with van der Waals surface area (Å²) in [5.41, 5.74) is 6.69. The molecule has 0 aromatic heterocycles. The Morgan fingerprint density at radius 1 is 1.67 bits per heavy atom. The summed E-state index contributed by atoms with van der Waals surface area (Å²) in [6, 6.07) is 0. The Balaban J connectivity index is 4.13. The van der Waals surface area contributed by atoms with E-state index in [1.54, 1.807) is 6.92 Å². The molecule has 0 fully saturated rings. The van der Waals surface area contributed by atoms with Gasteiger partial charge in [-0.2, -0.15) is 0 Å². The van der Waals surface area contributed by atoms with Crippen molar-refractivity contribution in [3.8, 4) is 0 Å². The molecule has 0 aliphatic carbocycles. The van der Waals surface area contributed by atoms with Gasteiger partial charge in [0.1, 0.15) is 5.71 Å². The quantitative estimate of drug-likeness (QED) is 0.436. The molecule has 0 spiro atoms. The van der Waals surface area contributed by atoms with E-state index < -0.39 is 5.91 Å². The van der Waals surface area contributed by atoms with Gasteiger partial charge in [-0.25, -0.2) is 5.53 Å². The predicted molar refractivity (Wildman–Crippen MR) is 33.8 cm³/mol. The van der Waals surface area contributed by atoms with Crippen LogP contribution in [0.3, 0.4) is 0 Å². The monoisotopic (exact) mass is 127 g/mol. The van der Waals surface area contributed by atoms with Crippen LogP contribution in [0.15, 0.2) is 10.1 Å². The van der Waals surface area contributed by atoms with Gasteiger partial charge in [0.2, 0.25) is 0 Å². The first kappa shape index (κ1) is 7.94. The minimum Gasteiger partial charge on any atom is -0.287 e. The zero-order chi connectivity index (χ0) is 7.28. The highest BCUT2D eigenvalue weighted by molar-refractivity contribution is 6.38. The van der Waals surface area contributed by atoms with E-state index in [0.29, 0.717) is 12.1 Å². The van der Waals surface area contributed by atoms with Crippen molar-refractivity contribution in [1.29, 1.82) is 5.53 Å². The maximum atomic E-state index is 10.5. The Morgan fingerprint density at radius 2 is 2.22 bits per heavy atom. The van der Waals surface area contributed by atoms with Crippen LogP contribution in [-0.2, 0) is 4.79 Å². The Hall–Kier alpha value is -1.06. The number of carbonyl (C=O) groups is 1. The van der Waals surface area contributed by atoms with Gasteiger partial charge < -0.3 is 0 Å². The molecule has 4 nitrogen and oxygen atoms in total.